The van der Waals surface area contributed by atoms with E-state index in [-0.39, 0.29) is 56.3 Å². The van der Waals surface area contributed by atoms with Crippen LogP contribution < -0.4 is 24.2 Å². The van der Waals surface area contributed by atoms with Crippen molar-refractivity contribution < 1.29 is 43.3 Å². The summed E-state index contributed by atoms with van der Waals surface area (Å²) < 4.78 is 19.8. The lowest BCUT2D eigenvalue weighted by molar-refractivity contribution is -0.150. The third-order valence-electron chi connectivity index (χ3n) is 14.4. The lowest BCUT2D eigenvalue weighted by Gasteiger charge is -2.33. The molecule has 4 atom stereocenters. The number of aliphatic hydroxyl groups excluding tert-OH is 1. The smallest absolute Gasteiger partial charge is 0.266 e. The number of ether oxygens (including phenoxy) is 3. The molecule has 362 valence electrons. The van der Waals surface area contributed by atoms with Crippen LogP contribution in [0.4, 0.5) is 28.4 Å². The average molecular weight is 977 g/mol. The summed E-state index contributed by atoms with van der Waals surface area (Å²) in [6, 6.07) is 51.3. The van der Waals surface area contributed by atoms with E-state index in [1.54, 1.807) is 62.1 Å². The third kappa shape index (κ3) is 7.92. The van der Waals surface area contributed by atoms with Gasteiger partial charge < -0.3 is 33.9 Å². The molecular formula is C58H52N4O9Si. The molecule has 72 heavy (non-hydrogen) atoms. The Bertz CT molecular complexity index is 3270. The van der Waals surface area contributed by atoms with E-state index in [2.05, 4.69) is 0 Å². The van der Waals surface area contributed by atoms with Gasteiger partial charge in [0.25, 0.3) is 17.7 Å². The van der Waals surface area contributed by atoms with E-state index >= 15 is 4.79 Å². The quantitative estimate of drug-likeness (QED) is 0.121. The molecule has 4 heterocycles. The summed E-state index contributed by atoms with van der Waals surface area (Å²) in [7, 11) is -3.25. The highest BCUT2D eigenvalue weighted by Gasteiger charge is 2.66. The predicted molar refractivity (Wildman–Crippen MR) is 276 cm³/mol. The van der Waals surface area contributed by atoms with E-state index in [1.807, 2.05) is 147 Å². The predicted octanol–water partition coefficient (Wildman–Crippen LogP) is 10.6. The first-order chi connectivity index (χ1) is 34.8. The summed E-state index contributed by atoms with van der Waals surface area (Å²) in [6.07, 6.45) is -1.04. The van der Waals surface area contributed by atoms with Crippen LogP contribution >= 0.6 is 0 Å². The number of nitrogens with zero attached hydrogens (tertiary/aromatic N) is 4. The minimum Gasteiger partial charge on any atom is -0.454 e. The van der Waals surface area contributed by atoms with Gasteiger partial charge in [-0.25, -0.2) is 0 Å². The maximum Gasteiger partial charge on any atom is 0.266 e. The molecule has 4 aliphatic heterocycles. The number of amides is 4. The lowest BCUT2D eigenvalue weighted by Crippen LogP contribution is -2.46. The zero-order valence-electron chi connectivity index (χ0n) is 40.0. The summed E-state index contributed by atoms with van der Waals surface area (Å²) in [4.78, 5) is 78.0. The Balaban J connectivity index is 0.998. The van der Waals surface area contributed by atoms with Crippen molar-refractivity contribution in [3.63, 3.8) is 0 Å². The SMILES string of the molecule is C[C@H]1[C@H]([Si](C)(C)O)[C@@H](CC(=O)N(CCO)Cc2ccccc2)O[C@]12C(=O)N(Cc1ccc(N3C(=O)c4ccccc4Oc4ccccc43)cc1)c1ccc(N3C(=O)c4ccccc4Oc4ccccc43)cc12. The van der Waals surface area contributed by atoms with E-state index in [1.165, 1.54) is 0 Å². The minimum absolute atomic E-state index is 0.0845. The summed E-state index contributed by atoms with van der Waals surface area (Å²) >= 11 is 0. The van der Waals surface area contributed by atoms with Crippen LogP contribution in [0, 0.1) is 5.92 Å². The number of hydrogen-bond donors (Lipinski definition) is 2. The van der Waals surface area contributed by atoms with Gasteiger partial charge in [-0.1, -0.05) is 97.9 Å². The second kappa shape index (κ2) is 18.4. The Labute approximate surface area is 418 Å². The normalized spacial score (nSPS) is 19.9. The summed E-state index contributed by atoms with van der Waals surface area (Å²) in [6.45, 7) is 5.72. The average Bonchev–Trinajstić information content (AvgIpc) is 3.69. The molecule has 4 aliphatic rings. The lowest BCUT2D eigenvalue weighted by atomic mass is 9.82. The van der Waals surface area contributed by atoms with Crippen molar-refractivity contribution in [3.8, 4) is 23.0 Å². The van der Waals surface area contributed by atoms with Gasteiger partial charge in [0, 0.05) is 41.5 Å². The van der Waals surface area contributed by atoms with E-state index in [0.717, 1.165) is 11.1 Å². The highest BCUT2D eigenvalue weighted by Crippen LogP contribution is 2.61. The van der Waals surface area contributed by atoms with Crippen LogP contribution in [0.2, 0.25) is 18.6 Å². The number of para-hydroxylation sites is 6. The second-order valence-electron chi connectivity index (χ2n) is 19.3. The van der Waals surface area contributed by atoms with Gasteiger partial charge in [0.15, 0.2) is 25.4 Å². The van der Waals surface area contributed by atoms with Gasteiger partial charge in [-0.15, -0.1) is 0 Å². The molecule has 0 saturated carbocycles. The number of hydrogen-bond acceptors (Lipinski definition) is 9. The van der Waals surface area contributed by atoms with Gasteiger partial charge in [0.05, 0.1) is 53.9 Å². The van der Waals surface area contributed by atoms with Crippen LogP contribution in [-0.2, 0) is 33.0 Å². The summed E-state index contributed by atoms with van der Waals surface area (Å²) in [5.74, 6) is -0.0305. The first-order valence-corrected chi connectivity index (χ1v) is 27.2. The Morgan fingerprint density at radius 2 is 1.17 bits per heavy atom. The number of aliphatic hydroxyl groups is 1. The van der Waals surface area contributed by atoms with Gasteiger partial charge in [0.2, 0.25) is 5.91 Å². The molecule has 1 spiro atoms. The van der Waals surface area contributed by atoms with Crippen LogP contribution in [0.1, 0.15) is 50.8 Å². The Morgan fingerprint density at radius 1 is 0.639 bits per heavy atom. The van der Waals surface area contributed by atoms with Crippen LogP contribution in [-0.4, -0.2) is 66.0 Å². The first-order valence-electron chi connectivity index (χ1n) is 24.1. The molecule has 0 radical (unpaired) electrons. The number of carbonyl (C=O) groups excluding carboxylic acids is 4. The molecule has 13 nitrogen and oxygen atoms in total. The van der Waals surface area contributed by atoms with Crippen molar-refractivity contribution in [1.82, 2.24) is 4.90 Å². The molecule has 0 bridgehead atoms. The highest BCUT2D eigenvalue weighted by atomic mass is 28.4. The number of anilines is 5. The van der Waals surface area contributed by atoms with Crippen LogP contribution in [0.3, 0.4) is 0 Å². The van der Waals surface area contributed by atoms with Gasteiger partial charge in [-0.3, -0.25) is 29.0 Å². The van der Waals surface area contributed by atoms with Crippen molar-refractivity contribution in [2.75, 3.05) is 27.9 Å². The maximum absolute atomic E-state index is 15.8. The molecular weight excluding hydrogens is 925 g/mol. The largest absolute Gasteiger partial charge is 0.454 e. The van der Waals surface area contributed by atoms with Gasteiger partial charge >= 0.3 is 0 Å². The number of fused-ring (bicyclic) bond motifs is 6. The minimum atomic E-state index is -3.25. The second-order valence-corrected chi connectivity index (χ2v) is 23.2. The molecule has 2 N–H and O–H groups in total. The zero-order valence-corrected chi connectivity index (χ0v) is 41.0. The molecule has 14 heteroatoms. The van der Waals surface area contributed by atoms with Gasteiger partial charge in [0.1, 0.15) is 11.5 Å². The Kier molecular flexibility index (Phi) is 11.9. The molecule has 4 amide bonds. The standard InChI is InChI=1S/C58H52N4O9Si/c1-37-54(72(2,3)68)52(34-53(64)59(31-32-63)35-38-15-5-4-6-16-38)71-58(37)44-33-41(62-47-20-10-14-24-51(47)70-49-22-12-8-18-43(49)56(62)66)29-30-45(44)60(57(58)67)36-39-25-27-40(28-26-39)61-46-19-9-13-23-50(46)69-48-21-11-7-17-42(48)55(61)65/h4-30,33,37,52,54,63,68H,31-32,34-36H2,1-3H3/t37-,52+,54-,58+/m0/s1. The van der Waals surface area contributed by atoms with Gasteiger partial charge in [-0.2, -0.15) is 0 Å². The van der Waals surface area contributed by atoms with Crippen LogP contribution in [0.5, 0.6) is 23.0 Å². The van der Waals surface area contributed by atoms with Crippen LogP contribution in [0.15, 0.2) is 170 Å². The van der Waals surface area contributed by atoms with E-state index < -0.39 is 31.5 Å². The van der Waals surface area contributed by atoms with Crippen molar-refractivity contribution in [3.05, 3.63) is 198 Å². The molecule has 0 aliphatic carbocycles. The van der Waals surface area contributed by atoms with Crippen molar-refractivity contribution in [2.24, 2.45) is 5.92 Å². The fourth-order valence-electron chi connectivity index (χ4n) is 11.1. The fraction of sp³-hybridized carbons (Fsp3) is 0.207. The molecule has 11 rings (SSSR count). The maximum atomic E-state index is 15.8. The Hall–Kier alpha value is -7.88. The molecule has 0 unspecified atom stereocenters. The fourth-order valence-corrected chi connectivity index (χ4v) is 13.7. The van der Waals surface area contributed by atoms with Crippen LogP contribution in [0.25, 0.3) is 0 Å². The zero-order chi connectivity index (χ0) is 49.9. The highest BCUT2D eigenvalue weighted by molar-refractivity contribution is 6.71. The summed E-state index contributed by atoms with van der Waals surface area (Å²) in [5, 5.41) is 10.1. The van der Waals surface area contributed by atoms with Crippen molar-refractivity contribution in [2.45, 2.75) is 56.8 Å². The van der Waals surface area contributed by atoms with E-state index in [0.29, 0.717) is 68.1 Å². The molecule has 0 aromatic heterocycles. The topological polar surface area (TPSA) is 149 Å². The third-order valence-corrected chi connectivity index (χ3v) is 16.9. The first kappa shape index (κ1) is 46.5. The molecule has 7 aromatic rings. The molecule has 1 saturated heterocycles. The monoisotopic (exact) mass is 976 g/mol. The summed E-state index contributed by atoms with van der Waals surface area (Å²) in [5.41, 5.74) is 3.30. The molecule has 7 aromatic carbocycles. The van der Waals surface area contributed by atoms with Crippen molar-refractivity contribution in [1.29, 1.82) is 0 Å². The van der Waals surface area contributed by atoms with E-state index in [9.17, 15) is 24.3 Å². The Morgan fingerprint density at radius 3 is 1.75 bits per heavy atom. The van der Waals surface area contributed by atoms with Crippen molar-refractivity contribution >= 4 is 60.4 Å². The number of rotatable bonds is 11. The van der Waals surface area contributed by atoms with Gasteiger partial charge in [-0.05, 0) is 103 Å². The molecule has 1 fully saturated rings. The van der Waals surface area contributed by atoms with E-state index in [4.69, 9.17) is 14.2 Å². The number of carbonyl (C=O) groups is 4. The number of benzene rings is 7.